The van der Waals surface area contributed by atoms with Crippen molar-refractivity contribution in [2.24, 2.45) is 5.10 Å². The van der Waals surface area contributed by atoms with Crippen LogP contribution in [0.1, 0.15) is 5.56 Å². The SMILES string of the molecule is O=C(CSc1nnc(-c2ccccc2)n1-c1ccc(Cl)cc1)N/N=C\c1ccc(Cl)cc1Cl. The van der Waals surface area contributed by atoms with Crippen LogP contribution >= 0.6 is 46.6 Å². The van der Waals surface area contributed by atoms with Gasteiger partial charge in [0.2, 0.25) is 0 Å². The van der Waals surface area contributed by atoms with Crippen molar-refractivity contribution in [3.05, 3.63) is 93.4 Å². The third-order valence-corrected chi connectivity index (χ3v) is 6.18. The minimum atomic E-state index is -0.298. The molecule has 0 atom stereocenters. The Hall–Kier alpha value is -2.84. The number of halogens is 3. The molecule has 0 aliphatic carbocycles. The predicted molar refractivity (Wildman–Crippen MR) is 135 cm³/mol. The van der Waals surface area contributed by atoms with Gasteiger partial charge in [-0.1, -0.05) is 83.0 Å². The van der Waals surface area contributed by atoms with Gasteiger partial charge in [-0.3, -0.25) is 9.36 Å². The van der Waals surface area contributed by atoms with Crippen LogP contribution in [-0.2, 0) is 4.79 Å². The average molecular weight is 517 g/mol. The van der Waals surface area contributed by atoms with E-state index in [1.54, 1.807) is 30.3 Å². The standard InChI is InChI=1S/C23H16Cl3N5OS/c24-17-8-10-19(11-9-17)31-22(15-4-2-1-3-5-15)29-30-23(31)33-14-21(32)28-27-13-16-6-7-18(25)12-20(16)26/h1-13H,14H2,(H,28,32)/b27-13-. The molecule has 6 nitrogen and oxygen atoms in total. The Morgan fingerprint density at radius 2 is 1.70 bits per heavy atom. The summed E-state index contributed by atoms with van der Waals surface area (Å²) in [7, 11) is 0. The van der Waals surface area contributed by atoms with Gasteiger partial charge in [0.15, 0.2) is 11.0 Å². The van der Waals surface area contributed by atoms with Crippen LogP contribution in [0.25, 0.3) is 17.1 Å². The first-order valence-electron chi connectivity index (χ1n) is 9.68. The summed E-state index contributed by atoms with van der Waals surface area (Å²) in [6.07, 6.45) is 1.46. The fourth-order valence-electron chi connectivity index (χ4n) is 2.90. The lowest BCUT2D eigenvalue weighted by Gasteiger charge is -2.10. The third-order valence-electron chi connectivity index (χ3n) is 4.44. The van der Waals surface area contributed by atoms with Crippen molar-refractivity contribution in [3.63, 3.8) is 0 Å². The predicted octanol–water partition coefficient (Wildman–Crippen LogP) is 6.14. The van der Waals surface area contributed by atoms with Gasteiger partial charge < -0.3 is 0 Å². The van der Waals surface area contributed by atoms with Gasteiger partial charge in [0.05, 0.1) is 17.0 Å². The zero-order valence-corrected chi connectivity index (χ0v) is 20.0. The molecule has 0 bridgehead atoms. The molecule has 3 aromatic carbocycles. The van der Waals surface area contributed by atoms with E-state index >= 15 is 0 Å². The molecule has 1 amide bonds. The molecule has 0 saturated carbocycles. The Bertz CT molecular complexity index is 1290. The second-order valence-electron chi connectivity index (χ2n) is 6.73. The van der Waals surface area contributed by atoms with E-state index in [4.69, 9.17) is 34.8 Å². The monoisotopic (exact) mass is 515 g/mol. The Balaban J connectivity index is 1.49. The first-order valence-corrected chi connectivity index (χ1v) is 11.8. The van der Waals surface area contributed by atoms with Crippen molar-refractivity contribution >= 4 is 58.7 Å². The maximum Gasteiger partial charge on any atom is 0.250 e. The van der Waals surface area contributed by atoms with Crippen LogP contribution < -0.4 is 5.43 Å². The van der Waals surface area contributed by atoms with E-state index < -0.39 is 0 Å². The number of carbonyl (C=O) groups excluding carboxylic acids is 1. The first-order chi connectivity index (χ1) is 16.0. The number of amides is 1. The van der Waals surface area contributed by atoms with Gasteiger partial charge in [-0.25, -0.2) is 5.43 Å². The summed E-state index contributed by atoms with van der Waals surface area (Å²) in [6, 6.07) is 22.1. The van der Waals surface area contributed by atoms with E-state index in [0.717, 1.165) is 11.3 Å². The number of nitrogens with zero attached hydrogens (tertiary/aromatic N) is 4. The summed E-state index contributed by atoms with van der Waals surface area (Å²) in [5.74, 6) is 0.455. The molecular formula is C23H16Cl3N5OS. The van der Waals surface area contributed by atoms with Crippen molar-refractivity contribution in [2.75, 3.05) is 5.75 Å². The number of hydrazone groups is 1. The maximum absolute atomic E-state index is 12.3. The van der Waals surface area contributed by atoms with E-state index in [-0.39, 0.29) is 11.7 Å². The summed E-state index contributed by atoms with van der Waals surface area (Å²) in [5.41, 5.74) is 4.87. The van der Waals surface area contributed by atoms with Crippen molar-refractivity contribution < 1.29 is 4.79 Å². The Kier molecular flexibility index (Phi) is 7.67. The number of benzene rings is 3. The molecule has 166 valence electrons. The number of nitrogens with one attached hydrogen (secondary N) is 1. The summed E-state index contributed by atoms with van der Waals surface area (Å²) >= 11 is 19.3. The smallest absolute Gasteiger partial charge is 0.250 e. The van der Waals surface area contributed by atoms with Gasteiger partial charge >= 0.3 is 0 Å². The Morgan fingerprint density at radius 1 is 0.970 bits per heavy atom. The quantitative estimate of drug-likeness (QED) is 0.182. The highest BCUT2D eigenvalue weighted by Crippen LogP contribution is 2.28. The van der Waals surface area contributed by atoms with Gasteiger partial charge in [-0.15, -0.1) is 10.2 Å². The Labute approximate surface area is 209 Å². The largest absolute Gasteiger partial charge is 0.272 e. The zero-order valence-electron chi connectivity index (χ0n) is 17.0. The number of rotatable bonds is 7. The minimum Gasteiger partial charge on any atom is -0.272 e. The molecule has 0 spiro atoms. The summed E-state index contributed by atoms with van der Waals surface area (Å²) in [6.45, 7) is 0. The van der Waals surface area contributed by atoms with Gasteiger partial charge in [-0.2, -0.15) is 5.10 Å². The molecule has 1 heterocycles. The van der Waals surface area contributed by atoms with E-state index in [2.05, 4.69) is 20.7 Å². The van der Waals surface area contributed by atoms with Crippen LogP contribution in [0.4, 0.5) is 0 Å². The summed E-state index contributed by atoms with van der Waals surface area (Å²) < 4.78 is 1.89. The number of thioether (sulfide) groups is 1. The topological polar surface area (TPSA) is 72.2 Å². The van der Waals surface area contributed by atoms with Crippen LogP contribution in [0.15, 0.2) is 83.1 Å². The molecule has 4 aromatic rings. The normalized spacial score (nSPS) is 11.1. The summed E-state index contributed by atoms with van der Waals surface area (Å²) in [4.78, 5) is 12.3. The van der Waals surface area contributed by atoms with Gasteiger partial charge in [-0.05, 0) is 36.4 Å². The van der Waals surface area contributed by atoms with Crippen molar-refractivity contribution in [2.45, 2.75) is 5.16 Å². The second-order valence-corrected chi connectivity index (χ2v) is 8.95. The van der Waals surface area contributed by atoms with Crippen LogP contribution in [0.2, 0.25) is 15.1 Å². The van der Waals surface area contributed by atoms with Crippen LogP contribution in [0.5, 0.6) is 0 Å². The molecule has 0 saturated heterocycles. The lowest BCUT2D eigenvalue weighted by Crippen LogP contribution is -2.20. The molecule has 0 aliphatic rings. The second kappa shape index (κ2) is 10.9. The van der Waals surface area contributed by atoms with Crippen LogP contribution in [0.3, 0.4) is 0 Å². The lowest BCUT2D eigenvalue weighted by molar-refractivity contribution is -0.118. The molecule has 1 aromatic heterocycles. The van der Waals surface area contributed by atoms with Gasteiger partial charge in [0.1, 0.15) is 0 Å². The highest BCUT2D eigenvalue weighted by Gasteiger charge is 2.17. The van der Waals surface area contributed by atoms with Gasteiger partial charge in [0.25, 0.3) is 5.91 Å². The molecule has 33 heavy (non-hydrogen) atoms. The first kappa shape index (κ1) is 23.3. The average Bonchev–Trinajstić information content (AvgIpc) is 3.24. The molecule has 0 aliphatic heterocycles. The number of hydrogen-bond acceptors (Lipinski definition) is 5. The minimum absolute atomic E-state index is 0.0895. The fraction of sp³-hybridized carbons (Fsp3) is 0.0435. The molecule has 1 N–H and O–H groups in total. The molecule has 0 fully saturated rings. The van der Waals surface area contributed by atoms with E-state index in [1.807, 2.05) is 47.0 Å². The maximum atomic E-state index is 12.3. The van der Waals surface area contributed by atoms with Crippen LogP contribution in [0, 0.1) is 0 Å². The zero-order chi connectivity index (χ0) is 23.2. The highest BCUT2D eigenvalue weighted by molar-refractivity contribution is 7.99. The molecular weight excluding hydrogens is 501 g/mol. The molecule has 0 unspecified atom stereocenters. The van der Waals surface area contributed by atoms with E-state index in [1.165, 1.54) is 18.0 Å². The van der Waals surface area contributed by atoms with Crippen molar-refractivity contribution in [1.82, 2.24) is 20.2 Å². The lowest BCUT2D eigenvalue weighted by atomic mass is 10.2. The number of carbonyl (C=O) groups is 1. The Morgan fingerprint density at radius 3 is 2.42 bits per heavy atom. The molecule has 0 radical (unpaired) electrons. The molecule has 4 rings (SSSR count). The fourth-order valence-corrected chi connectivity index (χ4v) is 4.23. The van der Waals surface area contributed by atoms with E-state index in [9.17, 15) is 4.79 Å². The number of aromatic nitrogens is 3. The van der Waals surface area contributed by atoms with Crippen molar-refractivity contribution in [1.29, 1.82) is 0 Å². The molecule has 10 heteroatoms. The van der Waals surface area contributed by atoms with Crippen molar-refractivity contribution in [3.8, 4) is 17.1 Å². The van der Waals surface area contributed by atoms with Crippen LogP contribution in [-0.4, -0.2) is 32.6 Å². The van der Waals surface area contributed by atoms with E-state index in [0.29, 0.717) is 31.6 Å². The van der Waals surface area contributed by atoms with Gasteiger partial charge in [0, 0.05) is 26.9 Å². The highest BCUT2D eigenvalue weighted by atomic mass is 35.5. The number of hydrogen-bond donors (Lipinski definition) is 1. The summed E-state index contributed by atoms with van der Waals surface area (Å²) in [5, 5.41) is 14.8. The third kappa shape index (κ3) is 5.94.